The lowest BCUT2D eigenvalue weighted by atomic mass is 10.1. The summed E-state index contributed by atoms with van der Waals surface area (Å²) < 4.78 is 5.05. The van der Waals surface area contributed by atoms with Crippen LogP contribution in [0.15, 0.2) is 48.5 Å². The molecule has 136 valence electrons. The molecule has 0 fully saturated rings. The van der Waals surface area contributed by atoms with Crippen LogP contribution in [0.1, 0.15) is 28.4 Å². The van der Waals surface area contributed by atoms with Gasteiger partial charge in [-0.05, 0) is 56.2 Å². The van der Waals surface area contributed by atoms with E-state index >= 15 is 0 Å². The summed E-state index contributed by atoms with van der Waals surface area (Å²) in [6.45, 7) is 5.03. The molecule has 0 radical (unpaired) electrons. The molecule has 0 spiro atoms. The van der Waals surface area contributed by atoms with Gasteiger partial charge >= 0.3 is 5.97 Å². The molecule has 0 aromatic heterocycles. The number of esters is 1. The average Bonchev–Trinajstić information content (AvgIpc) is 2.62. The molecule has 0 heterocycles. The van der Waals surface area contributed by atoms with E-state index in [0.29, 0.717) is 11.3 Å². The van der Waals surface area contributed by atoms with E-state index in [1.807, 2.05) is 26.0 Å². The summed E-state index contributed by atoms with van der Waals surface area (Å²) in [6, 6.07) is 14.2. The number of anilines is 1. The second-order valence-corrected chi connectivity index (χ2v) is 5.97. The first-order valence-electron chi connectivity index (χ1n) is 8.27. The molecule has 0 bridgehead atoms. The maximum Gasteiger partial charge on any atom is 0.326 e. The second-order valence-electron chi connectivity index (χ2n) is 5.97. The van der Waals surface area contributed by atoms with Crippen molar-refractivity contribution in [2.75, 3.05) is 11.9 Å². The summed E-state index contributed by atoms with van der Waals surface area (Å²) in [6.07, 6.45) is -0.971. The normalized spacial score (nSPS) is 11.3. The van der Waals surface area contributed by atoms with Crippen molar-refractivity contribution in [3.05, 3.63) is 65.2 Å². The number of carbonyl (C=O) groups is 3. The number of ether oxygens (including phenoxy) is 1. The maximum atomic E-state index is 12.1. The molecular weight excluding hydrogens is 332 g/mol. The SMILES string of the molecule is Cc1ccc(C(=O)NCC(=O)O[C@H](C)C(=O)Nc2ccccc2)cc1C. The number of hydrogen-bond acceptors (Lipinski definition) is 4. The Morgan fingerprint density at radius 2 is 1.69 bits per heavy atom. The smallest absolute Gasteiger partial charge is 0.326 e. The van der Waals surface area contributed by atoms with E-state index < -0.39 is 18.0 Å². The number of para-hydroxylation sites is 1. The standard InChI is InChI=1S/C20H22N2O4/c1-13-9-10-16(11-14(13)2)20(25)21-12-18(23)26-15(3)19(24)22-17-7-5-4-6-8-17/h4-11,15H,12H2,1-3H3,(H,21,25)(H,22,24)/t15-/m1/s1. The fourth-order valence-corrected chi connectivity index (χ4v) is 2.19. The third-order valence-corrected chi connectivity index (χ3v) is 3.88. The quantitative estimate of drug-likeness (QED) is 0.781. The molecule has 1 atom stereocenters. The van der Waals surface area contributed by atoms with Gasteiger partial charge in [0.05, 0.1) is 0 Å². The summed E-state index contributed by atoms with van der Waals surface area (Å²) in [5.74, 6) is -1.49. The second kappa shape index (κ2) is 8.80. The van der Waals surface area contributed by atoms with E-state index in [-0.39, 0.29) is 12.5 Å². The number of hydrogen-bond donors (Lipinski definition) is 2. The van der Waals surface area contributed by atoms with Gasteiger partial charge in [0.15, 0.2) is 6.10 Å². The highest BCUT2D eigenvalue weighted by Gasteiger charge is 2.18. The minimum Gasteiger partial charge on any atom is -0.451 e. The fraction of sp³-hybridized carbons (Fsp3) is 0.250. The molecule has 2 N–H and O–H groups in total. The van der Waals surface area contributed by atoms with Gasteiger partial charge in [-0.25, -0.2) is 0 Å². The minimum absolute atomic E-state index is 0.311. The molecule has 6 heteroatoms. The topological polar surface area (TPSA) is 84.5 Å². The highest BCUT2D eigenvalue weighted by atomic mass is 16.5. The zero-order chi connectivity index (χ0) is 19.1. The molecule has 2 aromatic rings. The zero-order valence-corrected chi connectivity index (χ0v) is 15.0. The first-order valence-corrected chi connectivity index (χ1v) is 8.27. The highest BCUT2D eigenvalue weighted by Crippen LogP contribution is 2.10. The molecule has 0 saturated heterocycles. The van der Waals surface area contributed by atoms with Crippen LogP contribution in [0.5, 0.6) is 0 Å². The predicted octanol–water partition coefficient (Wildman–Crippen LogP) is 2.60. The van der Waals surface area contributed by atoms with Crippen LogP contribution in [-0.4, -0.2) is 30.4 Å². The Morgan fingerprint density at radius 3 is 2.35 bits per heavy atom. The molecule has 2 aromatic carbocycles. The number of carbonyl (C=O) groups excluding carboxylic acids is 3. The van der Waals surface area contributed by atoms with Crippen molar-refractivity contribution in [3.8, 4) is 0 Å². The average molecular weight is 354 g/mol. The molecule has 26 heavy (non-hydrogen) atoms. The van der Waals surface area contributed by atoms with Gasteiger partial charge in [0.25, 0.3) is 11.8 Å². The van der Waals surface area contributed by atoms with E-state index in [1.54, 1.807) is 36.4 Å². The molecule has 0 aliphatic heterocycles. The van der Waals surface area contributed by atoms with Gasteiger partial charge in [-0.3, -0.25) is 14.4 Å². The molecule has 2 amide bonds. The van der Waals surface area contributed by atoms with Crippen LogP contribution in [0.3, 0.4) is 0 Å². The van der Waals surface area contributed by atoms with Gasteiger partial charge in [-0.15, -0.1) is 0 Å². The first-order chi connectivity index (χ1) is 12.4. The minimum atomic E-state index is -0.971. The van der Waals surface area contributed by atoms with Crippen molar-refractivity contribution >= 4 is 23.5 Å². The summed E-state index contributed by atoms with van der Waals surface area (Å²) >= 11 is 0. The van der Waals surface area contributed by atoms with Crippen molar-refractivity contribution in [3.63, 3.8) is 0 Å². The van der Waals surface area contributed by atoms with Crippen LogP contribution < -0.4 is 10.6 Å². The zero-order valence-electron chi connectivity index (χ0n) is 15.0. The molecule has 2 rings (SSSR count). The Balaban J connectivity index is 1.81. The van der Waals surface area contributed by atoms with Crippen molar-refractivity contribution in [2.45, 2.75) is 26.9 Å². The van der Waals surface area contributed by atoms with Crippen LogP contribution in [0, 0.1) is 13.8 Å². The fourth-order valence-electron chi connectivity index (χ4n) is 2.19. The van der Waals surface area contributed by atoms with Gasteiger partial charge < -0.3 is 15.4 Å². The highest BCUT2D eigenvalue weighted by molar-refractivity contribution is 5.97. The van der Waals surface area contributed by atoms with Crippen LogP contribution >= 0.6 is 0 Å². The van der Waals surface area contributed by atoms with E-state index in [0.717, 1.165) is 11.1 Å². The Morgan fingerprint density at radius 1 is 1.00 bits per heavy atom. The van der Waals surface area contributed by atoms with Crippen LogP contribution in [-0.2, 0) is 14.3 Å². The summed E-state index contributed by atoms with van der Waals surface area (Å²) in [5.41, 5.74) is 3.16. The lowest BCUT2D eigenvalue weighted by molar-refractivity contribution is -0.152. The van der Waals surface area contributed by atoms with Gasteiger partial charge in [0.2, 0.25) is 0 Å². The van der Waals surface area contributed by atoms with Crippen LogP contribution in [0.2, 0.25) is 0 Å². The molecule has 0 aliphatic carbocycles. The van der Waals surface area contributed by atoms with Crippen molar-refractivity contribution in [2.24, 2.45) is 0 Å². The van der Waals surface area contributed by atoms with E-state index in [9.17, 15) is 14.4 Å². The summed E-state index contributed by atoms with van der Waals surface area (Å²) in [4.78, 5) is 35.9. The number of nitrogens with one attached hydrogen (secondary N) is 2. The summed E-state index contributed by atoms with van der Waals surface area (Å²) in [5, 5.41) is 5.14. The first kappa shape index (κ1) is 19.2. The van der Waals surface area contributed by atoms with E-state index in [4.69, 9.17) is 4.74 Å². The predicted molar refractivity (Wildman–Crippen MR) is 98.9 cm³/mol. The van der Waals surface area contributed by atoms with Crippen molar-refractivity contribution < 1.29 is 19.1 Å². The van der Waals surface area contributed by atoms with Crippen LogP contribution in [0.25, 0.3) is 0 Å². The van der Waals surface area contributed by atoms with Crippen molar-refractivity contribution in [1.29, 1.82) is 0 Å². The number of amides is 2. The molecular formula is C20H22N2O4. The lowest BCUT2D eigenvalue weighted by Crippen LogP contribution is -2.35. The molecule has 0 aliphatic rings. The van der Waals surface area contributed by atoms with Crippen LogP contribution in [0.4, 0.5) is 5.69 Å². The molecule has 6 nitrogen and oxygen atoms in total. The maximum absolute atomic E-state index is 12.1. The number of benzene rings is 2. The number of rotatable bonds is 6. The Kier molecular flexibility index (Phi) is 6.49. The van der Waals surface area contributed by atoms with E-state index in [2.05, 4.69) is 10.6 Å². The largest absolute Gasteiger partial charge is 0.451 e. The third kappa shape index (κ3) is 5.44. The van der Waals surface area contributed by atoms with E-state index in [1.165, 1.54) is 6.92 Å². The monoisotopic (exact) mass is 354 g/mol. The van der Waals surface area contributed by atoms with Gasteiger partial charge in [-0.1, -0.05) is 24.3 Å². The Bertz CT molecular complexity index is 803. The molecule has 0 saturated carbocycles. The Labute approximate surface area is 152 Å². The Hall–Kier alpha value is -3.15. The summed E-state index contributed by atoms with van der Waals surface area (Å²) in [7, 11) is 0. The van der Waals surface area contributed by atoms with Gasteiger partial charge in [0, 0.05) is 11.3 Å². The van der Waals surface area contributed by atoms with Gasteiger partial charge in [-0.2, -0.15) is 0 Å². The van der Waals surface area contributed by atoms with Crippen molar-refractivity contribution in [1.82, 2.24) is 5.32 Å². The third-order valence-electron chi connectivity index (χ3n) is 3.88. The molecule has 0 unspecified atom stereocenters. The van der Waals surface area contributed by atoms with Gasteiger partial charge in [0.1, 0.15) is 6.54 Å². The lowest BCUT2D eigenvalue weighted by Gasteiger charge is -2.14. The number of aryl methyl sites for hydroxylation is 2.